The van der Waals surface area contributed by atoms with Gasteiger partial charge >= 0.3 is 6.18 Å². The first-order valence-electron chi connectivity index (χ1n) is 8.18. The van der Waals surface area contributed by atoms with Crippen LogP contribution in [0.1, 0.15) is 5.56 Å². The summed E-state index contributed by atoms with van der Waals surface area (Å²) in [5.74, 6) is -0.364. The number of alkyl halides is 3. The van der Waals surface area contributed by atoms with Crippen molar-refractivity contribution in [2.75, 3.05) is 11.1 Å². The molecule has 0 aliphatic carbocycles. The number of anilines is 2. The first-order valence-corrected chi connectivity index (χ1v) is 8.18. The standard InChI is InChI=1S/C17H12F3N7O2/c18-17(19,20)9-5-10(7-22-6-9)23-13(28)8-27-12-4-2-1-3-11(12)24-16(27)14-15(21)26-29-25-14/h1-7H,8H2,(H2,21,26)(H,23,28). The number of nitrogens with zero attached hydrogens (tertiary/aromatic N) is 5. The Kier molecular flexibility index (Phi) is 4.37. The number of nitrogens with two attached hydrogens (primary N) is 1. The Hall–Kier alpha value is -3.96. The fourth-order valence-corrected chi connectivity index (χ4v) is 2.77. The summed E-state index contributed by atoms with van der Waals surface area (Å²) in [6.07, 6.45) is -2.77. The van der Waals surface area contributed by atoms with Crippen molar-refractivity contribution >= 4 is 28.4 Å². The van der Waals surface area contributed by atoms with Gasteiger partial charge in [0.2, 0.25) is 5.91 Å². The van der Waals surface area contributed by atoms with Crippen molar-refractivity contribution < 1.29 is 22.6 Å². The maximum atomic E-state index is 12.8. The second-order valence-corrected chi connectivity index (χ2v) is 6.02. The topological polar surface area (TPSA) is 125 Å². The molecule has 0 radical (unpaired) electrons. The van der Waals surface area contributed by atoms with Crippen LogP contribution in [-0.4, -0.2) is 30.8 Å². The first kappa shape index (κ1) is 18.4. The number of carbonyl (C=O) groups is 1. The van der Waals surface area contributed by atoms with E-state index in [0.717, 1.165) is 12.3 Å². The zero-order valence-corrected chi connectivity index (χ0v) is 14.5. The SMILES string of the molecule is Nc1nonc1-c1nc2ccccc2n1CC(=O)Nc1cncc(C(F)(F)F)c1. The van der Waals surface area contributed by atoms with E-state index in [1.54, 1.807) is 24.3 Å². The largest absolute Gasteiger partial charge is 0.417 e. The van der Waals surface area contributed by atoms with Gasteiger partial charge in [-0.15, -0.1) is 0 Å². The zero-order chi connectivity index (χ0) is 20.6. The van der Waals surface area contributed by atoms with Gasteiger partial charge < -0.3 is 15.6 Å². The van der Waals surface area contributed by atoms with Crippen LogP contribution in [0.4, 0.5) is 24.7 Å². The molecule has 148 valence electrons. The highest BCUT2D eigenvalue weighted by atomic mass is 19.4. The highest BCUT2D eigenvalue weighted by molar-refractivity contribution is 5.92. The van der Waals surface area contributed by atoms with Crippen LogP contribution in [0.2, 0.25) is 0 Å². The highest BCUT2D eigenvalue weighted by Gasteiger charge is 2.31. The van der Waals surface area contributed by atoms with Gasteiger partial charge in [-0.3, -0.25) is 9.78 Å². The molecular formula is C17H12F3N7O2. The Morgan fingerprint density at radius 3 is 2.72 bits per heavy atom. The quantitative estimate of drug-likeness (QED) is 0.537. The number of hydrogen-bond acceptors (Lipinski definition) is 7. The molecule has 0 fully saturated rings. The van der Waals surface area contributed by atoms with Gasteiger partial charge in [0.25, 0.3) is 0 Å². The van der Waals surface area contributed by atoms with Crippen molar-refractivity contribution in [3.05, 3.63) is 48.3 Å². The molecule has 9 nitrogen and oxygen atoms in total. The lowest BCUT2D eigenvalue weighted by Crippen LogP contribution is -2.20. The summed E-state index contributed by atoms with van der Waals surface area (Å²) < 4.78 is 44.6. The van der Waals surface area contributed by atoms with Crippen LogP contribution in [0.15, 0.2) is 47.4 Å². The molecule has 3 heterocycles. The van der Waals surface area contributed by atoms with E-state index in [1.165, 1.54) is 4.57 Å². The van der Waals surface area contributed by atoms with Crippen LogP contribution in [0.5, 0.6) is 0 Å². The van der Waals surface area contributed by atoms with Gasteiger partial charge in [0, 0.05) is 6.20 Å². The van der Waals surface area contributed by atoms with Crippen molar-refractivity contribution in [3.63, 3.8) is 0 Å². The van der Waals surface area contributed by atoms with Gasteiger partial charge in [0.1, 0.15) is 6.54 Å². The molecule has 0 saturated carbocycles. The number of nitrogen functional groups attached to an aromatic ring is 1. The molecule has 0 spiro atoms. The second-order valence-electron chi connectivity index (χ2n) is 6.02. The number of benzene rings is 1. The molecule has 0 aliphatic rings. The third-order valence-corrected chi connectivity index (χ3v) is 4.03. The van der Waals surface area contributed by atoms with Gasteiger partial charge in [0.15, 0.2) is 17.3 Å². The molecule has 0 bridgehead atoms. The van der Waals surface area contributed by atoms with Gasteiger partial charge in [-0.2, -0.15) is 13.2 Å². The minimum absolute atomic E-state index is 0.0101. The number of amides is 1. The van der Waals surface area contributed by atoms with E-state index in [2.05, 4.69) is 30.2 Å². The lowest BCUT2D eigenvalue weighted by Gasteiger charge is -2.11. The number of para-hydroxylation sites is 2. The van der Waals surface area contributed by atoms with Gasteiger partial charge in [-0.05, 0) is 28.5 Å². The number of aromatic nitrogens is 5. The van der Waals surface area contributed by atoms with E-state index in [0.29, 0.717) is 17.2 Å². The summed E-state index contributed by atoms with van der Waals surface area (Å²) in [4.78, 5) is 20.5. The molecule has 4 aromatic rings. The number of hydrogen-bond donors (Lipinski definition) is 2. The predicted molar refractivity (Wildman–Crippen MR) is 95.3 cm³/mol. The molecule has 0 atom stereocenters. The van der Waals surface area contributed by atoms with Crippen LogP contribution >= 0.6 is 0 Å². The Morgan fingerprint density at radius 2 is 2.00 bits per heavy atom. The van der Waals surface area contributed by atoms with E-state index >= 15 is 0 Å². The van der Waals surface area contributed by atoms with Crippen molar-refractivity contribution in [3.8, 4) is 11.5 Å². The maximum absolute atomic E-state index is 12.8. The summed E-state index contributed by atoms with van der Waals surface area (Å²) in [6.45, 7) is -0.265. The van der Waals surface area contributed by atoms with Crippen LogP contribution in [0.25, 0.3) is 22.6 Å². The zero-order valence-electron chi connectivity index (χ0n) is 14.5. The van der Waals surface area contributed by atoms with E-state index in [-0.39, 0.29) is 29.6 Å². The molecule has 0 unspecified atom stereocenters. The molecule has 29 heavy (non-hydrogen) atoms. The first-order chi connectivity index (χ1) is 13.8. The van der Waals surface area contributed by atoms with Gasteiger partial charge in [0.05, 0.1) is 28.5 Å². The van der Waals surface area contributed by atoms with Gasteiger partial charge in [-0.25, -0.2) is 9.61 Å². The number of rotatable bonds is 4. The Balaban J connectivity index is 1.66. The monoisotopic (exact) mass is 403 g/mol. The lowest BCUT2D eigenvalue weighted by molar-refractivity contribution is -0.137. The second kappa shape index (κ2) is 6.89. The molecule has 0 aliphatic heterocycles. The number of imidazole rings is 1. The molecule has 3 aromatic heterocycles. The summed E-state index contributed by atoms with van der Waals surface area (Å²) >= 11 is 0. The van der Waals surface area contributed by atoms with Crippen LogP contribution in [-0.2, 0) is 17.5 Å². The van der Waals surface area contributed by atoms with Gasteiger partial charge in [-0.1, -0.05) is 12.1 Å². The summed E-state index contributed by atoms with van der Waals surface area (Å²) in [5, 5.41) is 9.62. The minimum atomic E-state index is -4.57. The van der Waals surface area contributed by atoms with Crippen molar-refractivity contribution in [2.24, 2.45) is 0 Å². The van der Waals surface area contributed by atoms with Crippen molar-refractivity contribution in [1.29, 1.82) is 0 Å². The number of carbonyl (C=O) groups excluding carboxylic acids is 1. The Labute approximate surface area is 160 Å². The van der Waals surface area contributed by atoms with Crippen LogP contribution in [0, 0.1) is 0 Å². The Morgan fingerprint density at radius 1 is 1.21 bits per heavy atom. The van der Waals surface area contributed by atoms with E-state index in [4.69, 9.17) is 5.73 Å². The molecule has 12 heteroatoms. The Bertz CT molecular complexity index is 1200. The number of nitrogens with one attached hydrogen (secondary N) is 1. The summed E-state index contributed by atoms with van der Waals surface area (Å²) in [5.41, 5.74) is 6.00. The number of fused-ring (bicyclic) bond motifs is 1. The average Bonchev–Trinajstić information content (AvgIpc) is 3.25. The van der Waals surface area contributed by atoms with Crippen molar-refractivity contribution in [1.82, 2.24) is 24.8 Å². The molecule has 3 N–H and O–H groups in total. The fraction of sp³-hybridized carbons (Fsp3) is 0.118. The van der Waals surface area contributed by atoms with Crippen LogP contribution < -0.4 is 11.1 Å². The molecule has 4 rings (SSSR count). The predicted octanol–water partition coefficient (Wildman–Crippen LogP) is 2.72. The molecule has 0 saturated heterocycles. The fourth-order valence-electron chi connectivity index (χ4n) is 2.77. The number of pyridine rings is 1. The van der Waals surface area contributed by atoms with E-state index in [9.17, 15) is 18.0 Å². The third kappa shape index (κ3) is 3.59. The smallest absolute Gasteiger partial charge is 0.379 e. The lowest BCUT2D eigenvalue weighted by atomic mass is 10.2. The normalized spacial score (nSPS) is 11.7. The highest BCUT2D eigenvalue weighted by Crippen LogP contribution is 2.30. The summed E-state index contributed by atoms with van der Waals surface area (Å²) in [6, 6.07) is 7.78. The summed E-state index contributed by atoms with van der Waals surface area (Å²) in [7, 11) is 0. The number of halogens is 3. The van der Waals surface area contributed by atoms with Crippen LogP contribution in [0.3, 0.4) is 0 Å². The third-order valence-electron chi connectivity index (χ3n) is 4.03. The molecular weight excluding hydrogens is 391 g/mol. The molecule has 1 aromatic carbocycles. The minimum Gasteiger partial charge on any atom is -0.379 e. The average molecular weight is 403 g/mol. The van der Waals surface area contributed by atoms with Crippen molar-refractivity contribution in [2.45, 2.75) is 12.7 Å². The van der Waals surface area contributed by atoms with E-state index in [1.807, 2.05) is 0 Å². The maximum Gasteiger partial charge on any atom is 0.417 e. The van der Waals surface area contributed by atoms with E-state index < -0.39 is 17.6 Å². The molecule has 1 amide bonds.